The van der Waals surface area contributed by atoms with Gasteiger partial charge in [-0.25, -0.2) is 0 Å². The lowest BCUT2D eigenvalue weighted by Crippen LogP contribution is -2.57. The van der Waals surface area contributed by atoms with Gasteiger partial charge in [0.05, 0.1) is 30.9 Å². The molecule has 0 fully saturated rings. The van der Waals surface area contributed by atoms with Gasteiger partial charge in [-0.3, -0.25) is 9.78 Å². The summed E-state index contributed by atoms with van der Waals surface area (Å²) in [6, 6.07) is 8.75. The number of aromatic nitrogens is 1. The number of carbonyl (C=O) groups is 1. The van der Waals surface area contributed by atoms with E-state index in [-0.39, 0.29) is 0 Å². The van der Waals surface area contributed by atoms with Crippen molar-refractivity contribution in [2.24, 2.45) is 0 Å². The van der Waals surface area contributed by atoms with Crippen LogP contribution in [0.3, 0.4) is 0 Å². The lowest BCUT2D eigenvalue weighted by atomic mass is 10.0. The van der Waals surface area contributed by atoms with Gasteiger partial charge in [-0.2, -0.15) is 0 Å². The molecule has 106 valence electrons. The van der Waals surface area contributed by atoms with Gasteiger partial charge in [0.15, 0.2) is 0 Å². The molecule has 0 spiro atoms. The van der Waals surface area contributed by atoms with Crippen LogP contribution in [0.1, 0.15) is 10.4 Å². The molecule has 1 heterocycles. The fourth-order valence-electron chi connectivity index (χ4n) is 1.86. The second kappa shape index (κ2) is 5.96. The first-order valence-electron chi connectivity index (χ1n) is 6.14. The Morgan fingerprint density at radius 3 is 2.40 bits per heavy atom. The van der Waals surface area contributed by atoms with Gasteiger partial charge in [-0.1, -0.05) is 18.2 Å². The van der Waals surface area contributed by atoms with Gasteiger partial charge in [0.1, 0.15) is 5.54 Å². The fraction of sp³-hybridized carbons (Fsp3) is 0.286. The average Bonchev–Trinajstić information content (AvgIpc) is 2.52. The van der Waals surface area contributed by atoms with Crippen molar-refractivity contribution in [1.29, 1.82) is 0 Å². The number of nitrogens with zero attached hydrogens (tertiary/aromatic N) is 1. The third-order valence-electron chi connectivity index (χ3n) is 3.16. The average molecular weight is 276 g/mol. The third kappa shape index (κ3) is 2.62. The molecule has 2 aromatic rings. The van der Waals surface area contributed by atoms with Crippen molar-refractivity contribution in [1.82, 2.24) is 10.3 Å². The van der Waals surface area contributed by atoms with Crippen molar-refractivity contribution in [2.45, 2.75) is 5.54 Å². The Bertz CT molecular complexity index is 597. The number of amides is 1. The normalized spacial score (nSPS) is 11.6. The first kappa shape index (κ1) is 14.4. The highest BCUT2D eigenvalue weighted by atomic mass is 16.3. The standard InChI is InChI=1S/C14H16N2O4/c17-7-14(8-18,9-19)16-13(20)11-5-1-3-10-4-2-6-15-12(10)11/h1-6,17-19H,7-9H2,(H,16,20). The Morgan fingerprint density at radius 1 is 1.10 bits per heavy atom. The molecule has 6 nitrogen and oxygen atoms in total. The zero-order valence-corrected chi connectivity index (χ0v) is 10.8. The molecule has 0 unspecified atom stereocenters. The van der Waals surface area contributed by atoms with Gasteiger partial charge in [0.25, 0.3) is 5.91 Å². The van der Waals surface area contributed by atoms with Gasteiger partial charge in [0.2, 0.25) is 0 Å². The molecule has 0 radical (unpaired) electrons. The Labute approximate surface area is 115 Å². The van der Waals surface area contributed by atoms with E-state index in [2.05, 4.69) is 10.3 Å². The Hall–Kier alpha value is -2.02. The summed E-state index contributed by atoms with van der Waals surface area (Å²) in [6.45, 7) is -1.70. The second-order valence-corrected chi connectivity index (χ2v) is 4.59. The monoisotopic (exact) mass is 276 g/mol. The van der Waals surface area contributed by atoms with Crippen LogP contribution in [0.2, 0.25) is 0 Å². The molecular weight excluding hydrogens is 260 g/mol. The number of hydrogen-bond donors (Lipinski definition) is 4. The molecule has 6 heteroatoms. The van der Waals surface area contributed by atoms with Crippen LogP contribution in [0, 0.1) is 0 Å². The van der Waals surface area contributed by atoms with Crippen molar-refractivity contribution < 1.29 is 20.1 Å². The summed E-state index contributed by atoms with van der Waals surface area (Å²) < 4.78 is 0. The van der Waals surface area contributed by atoms with E-state index in [1.807, 2.05) is 12.1 Å². The van der Waals surface area contributed by atoms with Gasteiger partial charge >= 0.3 is 0 Å². The number of nitrogens with one attached hydrogen (secondary N) is 1. The molecule has 1 amide bonds. The number of rotatable bonds is 5. The molecule has 0 saturated heterocycles. The van der Waals surface area contributed by atoms with E-state index < -0.39 is 31.3 Å². The molecular formula is C14H16N2O4. The van der Waals surface area contributed by atoms with Crippen molar-refractivity contribution in [2.75, 3.05) is 19.8 Å². The van der Waals surface area contributed by atoms with Crippen LogP contribution < -0.4 is 5.32 Å². The van der Waals surface area contributed by atoms with Crippen LogP contribution in [0.5, 0.6) is 0 Å². The summed E-state index contributed by atoms with van der Waals surface area (Å²) in [5, 5.41) is 31.0. The Morgan fingerprint density at radius 2 is 1.75 bits per heavy atom. The minimum Gasteiger partial charge on any atom is -0.394 e. The largest absolute Gasteiger partial charge is 0.394 e. The summed E-state index contributed by atoms with van der Waals surface area (Å²) in [5.74, 6) is -0.508. The van der Waals surface area contributed by atoms with Crippen LogP contribution in [0.25, 0.3) is 10.9 Å². The summed E-state index contributed by atoms with van der Waals surface area (Å²) >= 11 is 0. The van der Waals surface area contributed by atoms with Gasteiger partial charge in [-0.15, -0.1) is 0 Å². The molecule has 0 aliphatic carbocycles. The van der Waals surface area contributed by atoms with E-state index in [0.717, 1.165) is 5.39 Å². The predicted octanol–water partition coefficient (Wildman–Crippen LogP) is -0.320. The van der Waals surface area contributed by atoms with Crippen molar-refractivity contribution in [3.63, 3.8) is 0 Å². The van der Waals surface area contributed by atoms with Gasteiger partial charge in [-0.05, 0) is 12.1 Å². The topological polar surface area (TPSA) is 103 Å². The molecule has 2 rings (SSSR count). The summed E-state index contributed by atoms with van der Waals surface area (Å²) in [5.41, 5.74) is -0.605. The van der Waals surface area contributed by atoms with Crippen LogP contribution in [0.15, 0.2) is 36.5 Å². The smallest absolute Gasteiger partial charge is 0.254 e. The lowest BCUT2D eigenvalue weighted by molar-refractivity contribution is 0.0376. The highest BCUT2D eigenvalue weighted by Gasteiger charge is 2.30. The third-order valence-corrected chi connectivity index (χ3v) is 3.16. The quantitative estimate of drug-likeness (QED) is 0.599. The maximum Gasteiger partial charge on any atom is 0.254 e. The lowest BCUT2D eigenvalue weighted by Gasteiger charge is -2.28. The van der Waals surface area contributed by atoms with Crippen molar-refractivity contribution in [3.8, 4) is 0 Å². The number of aliphatic hydroxyl groups excluding tert-OH is 3. The maximum atomic E-state index is 12.3. The van der Waals surface area contributed by atoms with Crippen molar-refractivity contribution >= 4 is 16.8 Å². The van der Waals surface area contributed by atoms with E-state index >= 15 is 0 Å². The minimum atomic E-state index is -1.45. The number of carbonyl (C=O) groups excluding carboxylic acids is 1. The molecule has 20 heavy (non-hydrogen) atoms. The van der Waals surface area contributed by atoms with E-state index in [9.17, 15) is 20.1 Å². The first-order valence-corrected chi connectivity index (χ1v) is 6.14. The highest BCUT2D eigenvalue weighted by molar-refractivity contribution is 6.05. The second-order valence-electron chi connectivity index (χ2n) is 4.59. The number of pyridine rings is 1. The Balaban J connectivity index is 2.37. The molecule has 0 saturated carbocycles. The zero-order chi connectivity index (χ0) is 14.6. The van der Waals surface area contributed by atoms with Gasteiger partial charge < -0.3 is 20.6 Å². The van der Waals surface area contributed by atoms with E-state index in [1.165, 1.54) is 0 Å². The number of hydrogen-bond acceptors (Lipinski definition) is 5. The fourth-order valence-corrected chi connectivity index (χ4v) is 1.86. The van der Waals surface area contributed by atoms with Gasteiger partial charge in [0, 0.05) is 11.6 Å². The molecule has 0 aliphatic heterocycles. The van der Waals surface area contributed by atoms with Crippen LogP contribution in [0.4, 0.5) is 0 Å². The maximum absolute atomic E-state index is 12.3. The summed E-state index contributed by atoms with van der Waals surface area (Å²) in [4.78, 5) is 16.4. The van der Waals surface area contributed by atoms with E-state index in [0.29, 0.717) is 11.1 Å². The van der Waals surface area contributed by atoms with Crippen LogP contribution in [-0.4, -0.2) is 51.6 Å². The summed E-state index contributed by atoms with van der Waals surface area (Å²) in [7, 11) is 0. The molecule has 1 aromatic carbocycles. The predicted molar refractivity (Wildman–Crippen MR) is 73.2 cm³/mol. The SMILES string of the molecule is O=C(NC(CO)(CO)CO)c1cccc2cccnc12. The number of fused-ring (bicyclic) bond motifs is 1. The molecule has 0 aliphatic rings. The molecule has 4 N–H and O–H groups in total. The number of aliphatic hydroxyl groups is 3. The highest BCUT2D eigenvalue weighted by Crippen LogP contribution is 2.16. The van der Waals surface area contributed by atoms with E-state index in [4.69, 9.17) is 0 Å². The Kier molecular flexibility index (Phi) is 4.29. The number of benzene rings is 1. The first-order chi connectivity index (χ1) is 9.65. The molecule has 1 aromatic heterocycles. The van der Waals surface area contributed by atoms with Crippen LogP contribution >= 0.6 is 0 Å². The van der Waals surface area contributed by atoms with E-state index in [1.54, 1.807) is 24.4 Å². The molecule has 0 atom stereocenters. The van der Waals surface area contributed by atoms with Crippen LogP contribution in [-0.2, 0) is 0 Å². The number of para-hydroxylation sites is 1. The molecule has 0 bridgehead atoms. The minimum absolute atomic E-state index is 0.322. The van der Waals surface area contributed by atoms with Crippen molar-refractivity contribution in [3.05, 3.63) is 42.1 Å². The summed E-state index contributed by atoms with van der Waals surface area (Å²) in [6.07, 6.45) is 1.58. The zero-order valence-electron chi connectivity index (χ0n) is 10.8.